The van der Waals surface area contributed by atoms with Crippen molar-refractivity contribution >= 4 is 5.57 Å². The lowest BCUT2D eigenvalue weighted by atomic mass is 9.84. The second kappa shape index (κ2) is 8.09. The van der Waals surface area contributed by atoms with Gasteiger partial charge < -0.3 is 0 Å². The summed E-state index contributed by atoms with van der Waals surface area (Å²) in [5.74, 6) is 0. The van der Waals surface area contributed by atoms with E-state index in [1.165, 1.54) is 22.3 Å². The van der Waals surface area contributed by atoms with Crippen molar-refractivity contribution in [2.24, 2.45) is 0 Å². The molecule has 0 saturated carbocycles. The first-order valence-corrected chi connectivity index (χ1v) is 7.93. The van der Waals surface area contributed by atoms with E-state index in [4.69, 9.17) is 0 Å². The summed E-state index contributed by atoms with van der Waals surface area (Å²) in [5.41, 5.74) is 8.98. The topological polar surface area (TPSA) is 0 Å². The third-order valence-electron chi connectivity index (χ3n) is 4.11. The average Bonchev–Trinajstić information content (AvgIpc) is 2.49. The summed E-state index contributed by atoms with van der Waals surface area (Å²) in [6.07, 6.45) is 10.5. The Kier molecular flexibility index (Phi) is 6.78. The highest BCUT2D eigenvalue weighted by atomic mass is 14.2. The molecule has 1 aromatic rings. The molecular formula is C20H29. The maximum atomic E-state index is 3.76. The summed E-state index contributed by atoms with van der Waals surface area (Å²) in [7, 11) is 0. The van der Waals surface area contributed by atoms with Crippen LogP contribution in [0.15, 0.2) is 24.3 Å². The highest BCUT2D eigenvalue weighted by molar-refractivity contribution is 5.71. The van der Waals surface area contributed by atoms with Crippen LogP contribution in [0.5, 0.6) is 0 Å². The first-order chi connectivity index (χ1) is 9.64. The maximum Gasteiger partial charge on any atom is -0.0190 e. The summed E-state index contributed by atoms with van der Waals surface area (Å²) < 4.78 is 0. The normalized spacial score (nSPS) is 12.4. The largest absolute Gasteiger partial charge is 0.0842 e. The fourth-order valence-electron chi connectivity index (χ4n) is 3.13. The number of hydrogen-bond donors (Lipinski definition) is 0. The van der Waals surface area contributed by atoms with E-state index in [1.807, 2.05) is 12.2 Å². The lowest BCUT2D eigenvalue weighted by molar-refractivity contribution is 0.940. The molecule has 0 N–H and O–H groups in total. The summed E-state index contributed by atoms with van der Waals surface area (Å²) in [5, 5.41) is 0. The average molecular weight is 269 g/mol. The van der Waals surface area contributed by atoms with Crippen LogP contribution in [0.2, 0.25) is 0 Å². The maximum absolute atomic E-state index is 3.76. The molecule has 0 heteroatoms. The van der Waals surface area contributed by atoms with E-state index in [0.717, 1.165) is 25.7 Å². The van der Waals surface area contributed by atoms with E-state index in [0.29, 0.717) is 0 Å². The van der Waals surface area contributed by atoms with Crippen molar-refractivity contribution < 1.29 is 0 Å². The van der Waals surface area contributed by atoms with E-state index in [2.05, 4.69) is 53.7 Å². The Morgan fingerprint density at radius 3 is 2.00 bits per heavy atom. The quantitative estimate of drug-likeness (QED) is 0.578. The zero-order valence-electron chi connectivity index (χ0n) is 13.8. The molecule has 0 bridgehead atoms. The molecule has 0 unspecified atom stereocenters. The van der Waals surface area contributed by atoms with Gasteiger partial charge in [0.15, 0.2) is 0 Å². The Bertz CT molecular complexity index is 501. The molecule has 0 spiro atoms. The van der Waals surface area contributed by atoms with Gasteiger partial charge in [0, 0.05) is 0 Å². The lowest BCUT2D eigenvalue weighted by Crippen LogP contribution is -2.06. The van der Waals surface area contributed by atoms with E-state index in [9.17, 15) is 0 Å². The van der Waals surface area contributed by atoms with Gasteiger partial charge >= 0.3 is 0 Å². The number of aryl methyl sites for hydroxylation is 1. The fourth-order valence-corrected chi connectivity index (χ4v) is 3.13. The van der Waals surface area contributed by atoms with E-state index in [1.54, 1.807) is 11.1 Å². The highest BCUT2D eigenvalue weighted by Gasteiger charge is 2.14. The van der Waals surface area contributed by atoms with Crippen LogP contribution in [0.1, 0.15) is 62.4 Å². The summed E-state index contributed by atoms with van der Waals surface area (Å²) in [6, 6.07) is 2.42. The number of allylic oxidation sites excluding steroid dienone is 4. The Labute approximate surface area is 125 Å². The molecule has 0 amide bonds. The minimum Gasteiger partial charge on any atom is -0.0842 e. The first-order valence-electron chi connectivity index (χ1n) is 7.93. The smallest absolute Gasteiger partial charge is 0.0190 e. The van der Waals surface area contributed by atoms with Crippen LogP contribution >= 0.6 is 0 Å². The summed E-state index contributed by atoms with van der Waals surface area (Å²) >= 11 is 0. The van der Waals surface area contributed by atoms with Crippen molar-refractivity contribution in [3.63, 3.8) is 0 Å². The van der Waals surface area contributed by atoms with Gasteiger partial charge in [-0.3, -0.25) is 0 Å². The molecule has 0 atom stereocenters. The molecule has 0 aliphatic carbocycles. The van der Waals surface area contributed by atoms with Gasteiger partial charge in [0.05, 0.1) is 0 Å². The zero-order chi connectivity index (χ0) is 15.1. The van der Waals surface area contributed by atoms with Crippen molar-refractivity contribution in [3.05, 3.63) is 59.0 Å². The van der Waals surface area contributed by atoms with E-state index >= 15 is 0 Å². The number of rotatable bonds is 6. The third kappa shape index (κ3) is 3.42. The Morgan fingerprint density at radius 1 is 0.950 bits per heavy atom. The second-order valence-corrected chi connectivity index (χ2v) is 5.21. The van der Waals surface area contributed by atoms with Crippen molar-refractivity contribution in [1.82, 2.24) is 0 Å². The van der Waals surface area contributed by atoms with Crippen LogP contribution in [0.25, 0.3) is 5.57 Å². The highest BCUT2D eigenvalue weighted by Crippen LogP contribution is 2.30. The zero-order valence-corrected chi connectivity index (χ0v) is 13.8. The fraction of sp³-hybridized carbons (Fsp3) is 0.450. The summed E-state index contributed by atoms with van der Waals surface area (Å²) in [4.78, 5) is 0. The van der Waals surface area contributed by atoms with Crippen molar-refractivity contribution in [2.75, 3.05) is 0 Å². The molecule has 0 aromatic heterocycles. The molecule has 0 saturated heterocycles. The monoisotopic (exact) mass is 269 g/mol. The number of benzene rings is 1. The predicted molar refractivity (Wildman–Crippen MR) is 92.1 cm³/mol. The molecular weight excluding hydrogens is 240 g/mol. The Morgan fingerprint density at radius 2 is 1.55 bits per heavy atom. The molecule has 0 aliphatic rings. The molecule has 109 valence electrons. The van der Waals surface area contributed by atoms with Gasteiger partial charge in [-0.05, 0) is 72.9 Å². The van der Waals surface area contributed by atoms with Crippen LogP contribution in [0, 0.1) is 6.92 Å². The van der Waals surface area contributed by atoms with Gasteiger partial charge in [-0.1, -0.05) is 52.0 Å². The molecule has 1 rings (SSSR count). The third-order valence-corrected chi connectivity index (χ3v) is 4.11. The van der Waals surface area contributed by atoms with Gasteiger partial charge in [0.25, 0.3) is 0 Å². The van der Waals surface area contributed by atoms with Crippen LogP contribution < -0.4 is 0 Å². The van der Waals surface area contributed by atoms with Gasteiger partial charge in [0.2, 0.25) is 0 Å². The van der Waals surface area contributed by atoms with Crippen molar-refractivity contribution in [1.29, 1.82) is 0 Å². The van der Waals surface area contributed by atoms with E-state index in [-0.39, 0.29) is 0 Å². The van der Waals surface area contributed by atoms with Gasteiger partial charge in [0.1, 0.15) is 0 Å². The molecule has 0 aliphatic heterocycles. The number of hydrogen-bond acceptors (Lipinski definition) is 0. The minimum absolute atomic E-state index is 1.11. The van der Waals surface area contributed by atoms with Gasteiger partial charge in [-0.15, -0.1) is 0 Å². The standard InChI is InChI=1S/C20H29/c1-7-12-13-15(6)20-14-16(8-2)17(9-3)18(10-4)19(20)11-5/h7,12-14H,1,8-11H2,2-6H3. The van der Waals surface area contributed by atoms with E-state index < -0.39 is 0 Å². The molecule has 1 aromatic carbocycles. The predicted octanol–water partition coefficient (Wildman–Crippen LogP) is 5.73. The van der Waals surface area contributed by atoms with Crippen LogP contribution in [0.4, 0.5) is 0 Å². The summed E-state index contributed by atoms with van der Waals surface area (Å²) in [6.45, 7) is 15.1. The Hall–Kier alpha value is -1.30. The van der Waals surface area contributed by atoms with Gasteiger partial charge in [-0.2, -0.15) is 0 Å². The van der Waals surface area contributed by atoms with Crippen LogP contribution in [-0.2, 0) is 25.7 Å². The van der Waals surface area contributed by atoms with Crippen LogP contribution in [0.3, 0.4) is 0 Å². The SMILES string of the molecule is [CH2]C=CC=C(C)c1cc(CC)c(CC)c(CC)c1CC. The molecule has 0 fully saturated rings. The Balaban J connectivity index is 3.59. The molecule has 20 heavy (non-hydrogen) atoms. The first kappa shape index (κ1) is 16.8. The minimum atomic E-state index is 1.11. The molecule has 0 nitrogen and oxygen atoms in total. The van der Waals surface area contributed by atoms with Gasteiger partial charge in [-0.25, -0.2) is 0 Å². The molecule has 0 heterocycles. The van der Waals surface area contributed by atoms with Crippen molar-refractivity contribution in [2.45, 2.75) is 60.3 Å². The van der Waals surface area contributed by atoms with Crippen molar-refractivity contribution in [3.8, 4) is 0 Å². The lowest BCUT2D eigenvalue weighted by Gasteiger charge is -2.21. The molecule has 1 radical (unpaired) electrons. The second-order valence-electron chi connectivity index (χ2n) is 5.21. The van der Waals surface area contributed by atoms with Crippen LogP contribution in [-0.4, -0.2) is 0 Å².